The lowest BCUT2D eigenvalue weighted by atomic mass is 9.90. The van der Waals surface area contributed by atoms with E-state index in [0.29, 0.717) is 22.8 Å². The van der Waals surface area contributed by atoms with Gasteiger partial charge in [0.05, 0.1) is 29.3 Å². The first-order valence-electron chi connectivity index (χ1n) is 19.5. The average Bonchev–Trinajstić information content (AvgIpc) is 3.91. The number of nitrogens with one attached hydrogen (secondary N) is 1. The van der Waals surface area contributed by atoms with Crippen LogP contribution in [0.25, 0.3) is 16.7 Å². The monoisotopic (exact) mass is 863 g/mol. The summed E-state index contributed by atoms with van der Waals surface area (Å²) in [4.78, 5) is 57.2. The van der Waals surface area contributed by atoms with Gasteiger partial charge in [0.2, 0.25) is 11.8 Å². The first-order valence-corrected chi connectivity index (χ1v) is 19.5. The molecule has 0 aliphatic carbocycles. The largest absolute Gasteiger partial charge is 0.382 e. The smallest absolute Gasteiger partial charge is 0.351 e. The fourth-order valence-corrected chi connectivity index (χ4v) is 5.99. The summed E-state index contributed by atoms with van der Waals surface area (Å²) in [6.45, 7) is 30.2. The number of nitrogen functional groups attached to an aromatic ring is 2. The van der Waals surface area contributed by atoms with Gasteiger partial charge in [0.1, 0.15) is 11.6 Å². The number of hydrogen-bond donors (Lipinski definition) is 3. The van der Waals surface area contributed by atoms with Gasteiger partial charge >= 0.3 is 17.8 Å². The van der Waals surface area contributed by atoms with Gasteiger partial charge in [-0.1, -0.05) is 83.1 Å². The molecule has 63 heavy (non-hydrogen) atoms. The Morgan fingerprint density at radius 1 is 0.667 bits per heavy atom. The standard InChI is InChI=1S/C39H53N21O3/c1-36(2,3)23-19(18-40)29(59(51-23)34(62)55(14)15)49-47-20-24(37(4,5)6)52-57(27(20)41)31-44-32(46-33(61)45-31)58-28(42)21(25(53-58)38(7,8)9)48-50-30-22(43-13)26(39(10,11)12)54-60(30)35(63)56(16)17/h41-42H2,1-12,14-17H3,(H,44,45,46,61). The lowest BCUT2D eigenvalue weighted by Gasteiger charge is -2.15. The topological polar surface area (TPSA) is 300 Å². The number of carbonyl (C=O) groups is 2. The van der Waals surface area contributed by atoms with E-state index in [9.17, 15) is 19.6 Å². The van der Waals surface area contributed by atoms with Crippen LogP contribution in [-0.4, -0.2) is 104 Å². The highest BCUT2D eigenvalue weighted by Gasteiger charge is 2.34. The molecule has 0 spiro atoms. The first kappa shape index (κ1) is 46.4. The summed E-state index contributed by atoms with van der Waals surface area (Å²) >= 11 is 0. The summed E-state index contributed by atoms with van der Waals surface area (Å²) in [5, 5.41) is 46.1. The molecule has 0 aliphatic heterocycles. The fourth-order valence-electron chi connectivity index (χ4n) is 5.99. The lowest BCUT2D eigenvalue weighted by molar-refractivity contribution is 0.215. The van der Waals surface area contributed by atoms with Crippen LogP contribution in [-0.2, 0) is 21.7 Å². The molecule has 0 radical (unpaired) electrons. The Morgan fingerprint density at radius 2 is 1.10 bits per heavy atom. The van der Waals surface area contributed by atoms with E-state index >= 15 is 0 Å². The van der Waals surface area contributed by atoms with Crippen LogP contribution in [0, 0.1) is 17.9 Å². The van der Waals surface area contributed by atoms with Crippen LogP contribution in [0.5, 0.6) is 0 Å². The van der Waals surface area contributed by atoms with Crippen LogP contribution in [0.2, 0.25) is 0 Å². The second kappa shape index (κ2) is 16.0. The van der Waals surface area contributed by atoms with E-state index in [1.165, 1.54) is 23.9 Å². The van der Waals surface area contributed by atoms with Gasteiger partial charge in [0.15, 0.2) is 28.8 Å². The number of rotatable bonds is 6. The third kappa shape index (κ3) is 8.77. The van der Waals surface area contributed by atoms with Gasteiger partial charge in [-0.3, -0.25) is 4.98 Å². The number of aromatic nitrogens is 11. The number of H-pyrrole nitrogens is 1. The van der Waals surface area contributed by atoms with Gasteiger partial charge in [-0.25, -0.2) is 19.2 Å². The van der Waals surface area contributed by atoms with Gasteiger partial charge in [0, 0.05) is 44.4 Å². The number of nitrogens with zero attached hydrogens (tertiary/aromatic N) is 18. The molecule has 5 aromatic rings. The molecular weight excluding hydrogens is 811 g/mol. The maximum Gasteiger partial charge on any atom is 0.351 e. The summed E-state index contributed by atoms with van der Waals surface area (Å²) in [5.74, 6) is -0.965. The van der Waals surface area contributed by atoms with Crippen LogP contribution >= 0.6 is 0 Å². The molecule has 24 nitrogen and oxygen atoms in total. The molecular formula is C39H53N21O3. The molecule has 0 aromatic carbocycles. The summed E-state index contributed by atoms with van der Waals surface area (Å²) in [5.41, 5.74) is 11.4. The molecule has 5 N–H and O–H groups in total. The van der Waals surface area contributed by atoms with Crippen molar-refractivity contribution in [3.8, 4) is 18.0 Å². The summed E-state index contributed by atoms with van der Waals surface area (Å²) in [6, 6.07) is 1.000. The number of anilines is 2. The van der Waals surface area contributed by atoms with Crippen molar-refractivity contribution in [3.05, 3.63) is 50.2 Å². The summed E-state index contributed by atoms with van der Waals surface area (Å²) < 4.78 is 4.27. The number of carbonyl (C=O) groups excluding carboxylic acids is 2. The highest BCUT2D eigenvalue weighted by atomic mass is 16.2. The van der Waals surface area contributed by atoms with Crippen LogP contribution in [0.15, 0.2) is 25.3 Å². The van der Waals surface area contributed by atoms with Gasteiger partial charge < -0.3 is 21.3 Å². The minimum Gasteiger partial charge on any atom is -0.382 e. The minimum absolute atomic E-state index is 0.0328. The Kier molecular flexibility index (Phi) is 11.8. The summed E-state index contributed by atoms with van der Waals surface area (Å²) in [7, 11) is 6.16. The molecule has 332 valence electrons. The quantitative estimate of drug-likeness (QED) is 0.120. The van der Waals surface area contributed by atoms with E-state index in [4.69, 9.17) is 18.0 Å². The number of azo groups is 2. The van der Waals surface area contributed by atoms with Crippen molar-refractivity contribution in [2.75, 3.05) is 39.7 Å². The number of nitrogens with two attached hydrogens (primary N) is 2. The number of nitriles is 1. The van der Waals surface area contributed by atoms with Crippen molar-refractivity contribution in [2.24, 2.45) is 20.5 Å². The Bertz CT molecular complexity index is 2650. The SMILES string of the molecule is [C-]#[N+]c1c(C(C)(C)C)nn(C(=O)N(C)C)c1N=Nc1c(C(C)(C)C)nn(-c2nc(-n3nc(C(C)(C)C)c(N=Nc4c(C#N)c(C(C)(C)C)nn4C(=O)N(C)C)c3N)[nH]c(=O)n2)c1N. The maximum absolute atomic E-state index is 13.3. The molecule has 0 atom stereocenters. The van der Waals surface area contributed by atoms with Gasteiger partial charge in [-0.05, 0) is 5.41 Å². The molecule has 5 heterocycles. The number of hydrogen-bond acceptors (Lipinski definition) is 16. The van der Waals surface area contributed by atoms with Crippen LogP contribution in [0.3, 0.4) is 0 Å². The first-order chi connectivity index (χ1) is 28.9. The Hall–Kier alpha value is -7.63. The third-order valence-electron chi connectivity index (χ3n) is 9.19. The van der Waals surface area contributed by atoms with E-state index < -0.39 is 39.4 Å². The zero-order valence-electron chi connectivity index (χ0n) is 38.4. The predicted octanol–water partition coefficient (Wildman–Crippen LogP) is 6.60. The summed E-state index contributed by atoms with van der Waals surface area (Å²) in [6.07, 6.45) is 0. The molecule has 5 aromatic heterocycles. The molecule has 0 saturated heterocycles. The normalized spacial score (nSPS) is 12.6. The van der Waals surface area contributed by atoms with Crippen molar-refractivity contribution >= 4 is 52.4 Å². The van der Waals surface area contributed by atoms with Crippen molar-refractivity contribution < 1.29 is 9.59 Å². The van der Waals surface area contributed by atoms with E-state index in [1.54, 1.807) is 14.1 Å². The predicted molar refractivity (Wildman–Crippen MR) is 233 cm³/mol. The molecule has 2 amide bonds. The number of aromatic amines is 1. The van der Waals surface area contributed by atoms with E-state index in [2.05, 4.69) is 66.7 Å². The van der Waals surface area contributed by atoms with E-state index in [1.807, 2.05) is 83.1 Å². The molecule has 0 bridgehead atoms. The van der Waals surface area contributed by atoms with Crippen LogP contribution in [0.4, 0.5) is 49.9 Å². The molecule has 5 rings (SSSR count). The maximum atomic E-state index is 13.3. The Morgan fingerprint density at radius 3 is 1.54 bits per heavy atom. The molecule has 24 heteroatoms. The van der Waals surface area contributed by atoms with Crippen LogP contribution < -0.4 is 17.2 Å². The zero-order chi connectivity index (χ0) is 47.5. The van der Waals surface area contributed by atoms with Crippen molar-refractivity contribution in [2.45, 2.75) is 105 Å². The zero-order valence-corrected chi connectivity index (χ0v) is 38.4. The van der Waals surface area contributed by atoms with Crippen molar-refractivity contribution in [1.82, 2.24) is 63.9 Å². The second-order valence-corrected chi connectivity index (χ2v) is 19.1. The Balaban J connectivity index is 1.70. The Labute approximate surface area is 363 Å². The van der Waals surface area contributed by atoms with Gasteiger partial charge in [-0.2, -0.15) is 54.4 Å². The van der Waals surface area contributed by atoms with Crippen molar-refractivity contribution in [1.29, 1.82) is 5.26 Å². The van der Waals surface area contributed by atoms with E-state index in [0.717, 1.165) is 18.7 Å². The highest BCUT2D eigenvalue weighted by Crippen LogP contribution is 2.43. The van der Waals surface area contributed by atoms with Crippen LogP contribution in [0.1, 0.15) is 111 Å². The average molecular weight is 864 g/mol. The molecule has 0 unspecified atom stereocenters. The van der Waals surface area contributed by atoms with Gasteiger partial charge in [0.25, 0.3) is 11.6 Å². The second-order valence-electron chi connectivity index (χ2n) is 19.1. The molecule has 0 fully saturated rings. The molecule has 0 aliphatic rings. The lowest BCUT2D eigenvalue weighted by Crippen LogP contribution is -2.28. The minimum atomic E-state index is -0.872. The third-order valence-corrected chi connectivity index (χ3v) is 9.19. The fraction of sp³-hybridized carbons (Fsp3) is 0.513. The number of amides is 2. The van der Waals surface area contributed by atoms with E-state index in [-0.39, 0.29) is 57.8 Å². The van der Waals surface area contributed by atoms with Crippen molar-refractivity contribution in [3.63, 3.8) is 0 Å². The highest BCUT2D eigenvalue weighted by molar-refractivity contribution is 5.84. The molecule has 0 saturated carbocycles. The van der Waals surface area contributed by atoms with Gasteiger partial charge in [-0.15, -0.1) is 20.5 Å².